The van der Waals surface area contributed by atoms with Crippen LogP contribution >= 0.6 is 15.9 Å². The van der Waals surface area contributed by atoms with Gasteiger partial charge in [0.2, 0.25) is 0 Å². The quantitative estimate of drug-likeness (QED) is 0.356. The zero-order chi connectivity index (χ0) is 19.4. The monoisotopic (exact) mass is 427 g/mol. The largest absolute Gasteiger partial charge is 0.394 e. The highest BCUT2D eigenvalue weighted by molar-refractivity contribution is 9.10. The van der Waals surface area contributed by atoms with Crippen molar-refractivity contribution >= 4 is 38.5 Å². The summed E-state index contributed by atoms with van der Waals surface area (Å²) in [5.41, 5.74) is 0.154. The van der Waals surface area contributed by atoms with E-state index >= 15 is 0 Å². The third kappa shape index (κ3) is 4.64. The van der Waals surface area contributed by atoms with Crippen molar-refractivity contribution < 1.29 is 35.1 Å². The van der Waals surface area contributed by atoms with Gasteiger partial charge in [-0.3, -0.25) is 14.9 Å². The van der Waals surface area contributed by atoms with Gasteiger partial charge in [0, 0.05) is 10.0 Å². The summed E-state index contributed by atoms with van der Waals surface area (Å²) in [4.78, 5) is 24.1. The Balaban J connectivity index is 2.10. The molecule has 0 saturated carbocycles. The standard InChI is InChI=1S/C17H18BrNO7/c18-11-4-3-8-1-2-9(5-10(8)6-11)16(25)19-17(26)15(24)14(23)13(22)12(21)7-20/h1-6,12-15,20-24H,7H2,(H,19,25,26)/t12-,13-,14+,15-/m1/s1. The minimum atomic E-state index is -2.18. The van der Waals surface area contributed by atoms with Crippen LogP contribution in [0.3, 0.4) is 0 Å². The molecule has 0 aliphatic rings. The Labute approximate surface area is 156 Å². The van der Waals surface area contributed by atoms with Crippen LogP contribution in [0, 0.1) is 0 Å². The molecule has 0 aliphatic heterocycles. The number of rotatable bonds is 6. The first-order valence-electron chi connectivity index (χ1n) is 7.62. The summed E-state index contributed by atoms with van der Waals surface area (Å²) in [6.45, 7) is -0.877. The molecule has 0 radical (unpaired) electrons. The van der Waals surface area contributed by atoms with Crippen molar-refractivity contribution in [2.24, 2.45) is 0 Å². The Hall–Kier alpha value is -1.88. The first kappa shape index (κ1) is 20.4. The van der Waals surface area contributed by atoms with E-state index in [2.05, 4.69) is 15.9 Å². The van der Waals surface area contributed by atoms with E-state index in [4.69, 9.17) is 5.11 Å². The molecule has 2 aromatic carbocycles. The van der Waals surface area contributed by atoms with Crippen LogP contribution in [-0.2, 0) is 4.79 Å². The topological polar surface area (TPSA) is 147 Å². The molecular formula is C17H18BrNO7. The molecule has 2 amide bonds. The van der Waals surface area contributed by atoms with Gasteiger partial charge in [-0.1, -0.05) is 28.1 Å². The molecule has 0 spiro atoms. The van der Waals surface area contributed by atoms with Gasteiger partial charge in [-0.2, -0.15) is 0 Å². The fraction of sp³-hybridized carbons (Fsp3) is 0.294. The molecule has 0 aliphatic carbocycles. The number of benzene rings is 2. The van der Waals surface area contributed by atoms with Crippen LogP contribution in [0.15, 0.2) is 40.9 Å². The number of fused-ring (bicyclic) bond motifs is 1. The van der Waals surface area contributed by atoms with Crippen LogP contribution in [0.1, 0.15) is 10.4 Å². The maximum Gasteiger partial charge on any atom is 0.258 e. The third-order valence-electron chi connectivity index (χ3n) is 3.82. The number of halogens is 1. The Morgan fingerprint density at radius 3 is 2.27 bits per heavy atom. The lowest BCUT2D eigenvalue weighted by Gasteiger charge is -2.24. The summed E-state index contributed by atoms with van der Waals surface area (Å²) in [5.74, 6) is -2.05. The van der Waals surface area contributed by atoms with E-state index in [0.717, 1.165) is 15.2 Å². The lowest BCUT2D eigenvalue weighted by atomic mass is 10.0. The molecule has 140 valence electrons. The van der Waals surface area contributed by atoms with E-state index in [-0.39, 0.29) is 5.56 Å². The van der Waals surface area contributed by atoms with Gasteiger partial charge in [-0.15, -0.1) is 0 Å². The highest BCUT2D eigenvalue weighted by Crippen LogP contribution is 2.21. The van der Waals surface area contributed by atoms with E-state index in [1.54, 1.807) is 18.2 Å². The van der Waals surface area contributed by atoms with Gasteiger partial charge < -0.3 is 25.5 Å². The average Bonchev–Trinajstić information content (AvgIpc) is 2.64. The average molecular weight is 428 g/mol. The summed E-state index contributed by atoms with van der Waals surface area (Å²) in [7, 11) is 0. The Morgan fingerprint density at radius 1 is 0.962 bits per heavy atom. The summed E-state index contributed by atoms with van der Waals surface area (Å²) in [5, 5.41) is 50.4. The van der Waals surface area contributed by atoms with Crippen LogP contribution < -0.4 is 5.32 Å². The first-order valence-corrected chi connectivity index (χ1v) is 8.41. The van der Waals surface area contributed by atoms with Crippen LogP contribution in [0.4, 0.5) is 0 Å². The smallest absolute Gasteiger partial charge is 0.258 e. The van der Waals surface area contributed by atoms with Crippen molar-refractivity contribution in [2.75, 3.05) is 6.61 Å². The van der Waals surface area contributed by atoms with E-state index in [0.29, 0.717) is 0 Å². The van der Waals surface area contributed by atoms with Gasteiger partial charge in [-0.05, 0) is 35.0 Å². The summed E-state index contributed by atoms with van der Waals surface area (Å²) in [6.07, 6.45) is -7.97. The van der Waals surface area contributed by atoms with Gasteiger partial charge in [0.15, 0.2) is 6.10 Å². The van der Waals surface area contributed by atoms with Crippen molar-refractivity contribution in [2.45, 2.75) is 24.4 Å². The lowest BCUT2D eigenvalue weighted by molar-refractivity contribution is -0.148. The molecule has 2 rings (SSSR count). The number of amides is 2. The fourth-order valence-electron chi connectivity index (χ4n) is 2.29. The number of aliphatic hydroxyl groups is 5. The molecule has 0 fully saturated rings. The summed E-state index contributed by atoms with van der Waals surface area (Å²) >= 11 is 3.32. The van der Waals surface area contributed by atoms with Crippen LogP contribution in [0.5, 0.6) is 0 Å². The van der Waals surface area contributed by atoms with Crippen molar-refractivity contribution in [3.63, 3.8) is 0 Å². The molecule has 6 N–H and O–H groups in total. The van der Waals surface area contributed by atoms with Crippen molar-refractivity contribution in [1.29, 1.82) is 0 Å². The van der Waals surface area contributed by atoms with Crippen LogP contribution in [0.25, 0.3) is 10.8 Å². The molecule has 9 heteroatoms. The first-order chi connectivity index (χ1) is 12.2. The summed E-state index contributed by atoms with van der Waals surface area (Å²) < 4.78 is 0.814. The maximum atomic E-state index is 12.2. The molecule has 0 unspecified atom stereocenters. The zero-order valence-electron chi connectivity index (χ0n) is 13.4. The molecule has 4 atom stereocenters. The Morgan fingerprint density at radius 2 is 1.62 bits per heavy atom. The van der Waals surface area contributed by atoms with Crippen LogP contribution in [-0.4, -0.2) is 68.4 Å². The highest BCUT2D eigenvalue weighted by atomic mass is 79.9. The van der Waals surface area contributed by atoms with Gasteiger partial charge in [-0.25, -0.2) is 0 Å². The van der Waals surface area contributed by atoms with Gasteiger partial charge >= 0.3 is 0 Å². The Bertz CT molecular complexity index is 813. The van der Waals surface area contributed by atoms with Gasteiger partial charge in [0.25, 0.3) is 11.8 Å². The third-order valence-corrected chi connectivity index (χ3v) is 4.32. The minimum Gasteiger partial charge on any atom is -0.394 e. The number of carbonyl (C=O) groups is 2. The minimum absolute atomic E-state index is 0.154. The summed E-state index contributed by atoms with van der Waals surface area (Å²) in [6, 6.07) is 10.2. The molecule has 0 aromatic heterocycles. The molecule has 26 heavy (non-hydrogen) atoms. The lowest BCUT2D eigenvalue weighted by Crippen LogP contribution is -2.52. The number of nitrogens with one attached hydrogen (secondary N) is 1. The van der Waals surface area contributed by atoms with Crippen molar-refractivity contribution in [3.8, 4) is 0 Å². The van der Waals surface area contributed by atoms with Gasteiger partial charge in [0.05, 0.1) is 6.61 Å². The van der Waals surface area contributed by atoms with E-state index in [1.807, 2.05) is 17.4 Å². The second-order valence-electron chi connectivity index (χ2n) is 5.70. The number of hydrogen-bond donors (Lipinski definition) is 6. The molecule has 0 saturated heterocycles. The highest BCUT2D eigenvalue weighted by Gasteiger charge is 2.34. The van der Waals surface area contributed by atoms with E-state index in [9.17, 15) is 30.0 Å². The van der Waals surface area contributed by atoms with Crippen molar-refractivity contribution in [1.82, 2.24) is 5.32 Å². The van der Waals surface area contributed by atoms with E-state index in [1.165, 1.54) is 6.07 Å². The second-order valence-corrected chi connectivity index (χ2v) is 6.62. The number of hydrogen-bond acceptors (Lipinski definition) is 7. The molecule has 2 aromatic rings. The predicted octanol–water partition coefficient (Wildman–Crippen LogP) is -0.705. The normalized spacial score (nSPS) is 15.9. The number of aliphatic hydroxyl groups excluding tert-OH is 5. The second kappa shape index (κ2) is 8.67. The van der Waals surface area contributed by atoms with E-state index < -0.39 is 42.8 Å². The number of carbonyl (C=O) groups excluding carboxylic acids is 2. The molecule has 0 heterocycles. The zero-order valence-corrected chi connectivity index (χ0v) is 15.0. The molecule has 0 bridgehead atoms. The fourth-order valence-corrected chi connectivity index (χ4v) is 2.67. The number of imide groups is 1. The molecular weight excluding hydrogens is 410 g/mol. The predicted molar refractivity (Wildman–Crippen MR) is 95.2 cm³/mol. The maximum absolute atomic E-state index is 12.2. The van der Waals surface area contributed by atoms with Crippen molar-refractivity contribution in [3.05, 3.63) is 46.4 Å². The SMILES string of the molecule is O=C(NC(=O)[C@H](O)[C@@H](O)[C@H](O)[C@H](O)CO)c1ccc2ccc(Br)cc2c1. The van der Waals surface area contributed by atoms with Gasteiger partial charge in [0.1, 0.15) is 18.3 Å². The van der Waals surface area contributed by atoms with Crippen LogP contribution in [0.2, 0.25) is 0 Å². The Kier molecular flexibility index (Phi) is 6.81. The molecule has 8 nitrogen and oxygen atoms in total.